The first-order chi connectivity index (χ1) is 12.8. The SMILES string of the molecule is Cc1cc2c(cc1C)NC(CC(=O)Nc1ccccc1OC(F)F)C(=O)N2. The number of halogens is 2. The molecule has 0 spiro atoms. The molecule has 0 aromatic heterocycles. The molecule has 1 aliphatic rings. The van der Waals surface area contributed by atoms with Crippen LogP contribution in [0.2, 0.25) is 0 Å². The Bertz CT molecular complexity index is 886. The minimum absolute atomic E-state index is 0.117. The molecule has 8 heteroatoms. The number of alkyl halides is 2. The Morgan fingerprint density at radius 1 is 1.19 bits per heavy atom. The molecule has 0 saturated heterocycles. The Morgan fingerprint density at radius 2 is 1.85 bits per heavy atom. The number of hydrogen-bond donors (Lipinski definition) is 3. The first-order valence-electron chi connectivity index (χ1n) is 8.36. The van der Waals surface area contributed by atoms with Crippen molar-refractivity contribution in [2.45, 2.75) is 32.9 Å². The molecule has 1 atom stereocenters. The molecular formula is C19H19F2N3O3. The van der Waals surface area contributed by atoms with Crippen LogP contribution in [0.3, 0.4) is 0 Å². The molecule has 6 nitrogen and oxygen atoms in total. The molecule has 3 N–H and O–H groups in total. The minimum atomic E-state index is -3.00. The van der Waals surface area contributed by atoms with Crippen molar-refractivity contribution in [3.63, 3.8) is 0 Å². The number of fused-ring (bicyclic) bond motifs is 1. The lowest BCUT2D eigenvalue weighted by Gasteiger charge is -2.27. The van der Waals surface area contributed by atoms with Crippen molar-refractivity contribution in [2.75, 3.05) is 16.0 Å². The van der Waals surface area contributed by atoms with E-state index in [1.807, 2.05) is 26.0 Å². The molecule has 0 radical (unpaired) electrons. The molecule has 3 rings (SSSR count). The fourth-order valence-corrected chi connectivity index (χ4v) is 2.81. The smallest absolute Gasteiger partial charge is 0.387 e. The average molecular weight is 375 g/mol. The summed E-state index contributed by atoms with van der Waals surface area (Å²) in [6.45, 7) is 0.896. The summed E-state index contributed by atoms with van der Waals surface area (Å²) >= 11 is 0. The normalized spacial score (nSPS) is 15.6. The van der Waals surface area contributed by atoms with E-state index in [-0.39, 0.29) is 23.8 Å². The maximum absolute atomic E-state index is 12.5. The van der Waals surface area contributed by atoms with E-state index in [1.54, 1.807) is 6.07 Å². The molecule has 0 fully saturated rings. The number of aryl methyl sites for hydroxylation is 2. The number of carbonyl (C=O) groups is 2. The van der Waals surface area contributed by atoms with Gasteiger partial charge in [-0.05, 0) is 49.2 Å². The second-order valence-electron chi connectivity index (χ2n) is 6.30. The number of amides is 2. The lowest BCUT2D eigenvalue weighted by molar-refractivity contribution is -0.122. The van der Waals surface area contributed by atoms with E-state index in [9.17, 15) is 18.4 Å². The topological polar surface area (TPSA) is 79.5 Å². The lowest BCUT2D eigenvalue weighted by Crippen LogP contribution is -2.41. The number of ether oxygens (including phenoxy) is 1. The molecule has 1 aliphatic heterocycles. The number of hydrogen-bond acceptors (Lipinski definition) is 4. The van der Waals surface area contributed by atoms with E-state index in [0.29, 0.717) is 5.69 Å². The van der Waals surface area contributed by atoms with Gasteiger partial charge in [0, 0.05) is 0 Å². The number of rotatable bonds is 5. The van der Waals surface area contributed by atoms with Crippen LogP contribution < -0.4 is 20.7 Å². The minimum Gasteiger partial charge on any atom is -0.433 e. The van der Waals surface area contributed by atoms with E-state index < -0.39 is 18.6 Å². The zero-order chi connectivity index (χ0) is 19.6. The zero-order valence-electron chi connectivity index (χ0n) is 14.8. The Morgan fingerprint density at radius 3 is 2.56 bits per heavy atom. The van der Waals surface area contributed by atoms with E-state index >= 15 is 0 Å². The van der Waals surface area contributed by atoms with Crippen molar-refractivity contribution in [1.82, 2.24) is 0 Å². The van der Waals surface area contributed by atoms with Gasteiger partial charge in [-0.3, -0.25) is 9.59 Å². The first-order valence-corrected chi connectivity index (χ1v) is 8.36. The van der Waals surface area contributed by atoms with Gasteiger partial charge < -0.3 is 20.7 Å². The van der Waals surface area contributed by atoms with Gasteiger partial charge in [0.25, 0.3) is 0 Å². The van der Waals surface area contributed by atoms with Gasteiger partial charge in [0.2, 0.25) is 11.8 Å². The van der Waals surface area contributed by atoms with Gasteiger partial charge in [-0.25, -0.2) is 0 Å². The van der Waals surface area contributed by atoms with Crippen LogP contribution in [0.4, 0.5) is 25.8 Å². The zero-order valence-corrected chi connectivity index (χ0v) is 14.8. The molecule has 27 heavy (non-hydrogen) atoms. The Balaban J connectivity index is 1.70. The number of anilines is 3. The van der Waals surface area contributed by atoms with Gasteiger partial charge in [0.1, 0.15) is 11.8 Å². The van der Waals surface area contributed by atoms with Gasteiger partial charge in [-0.1, -0.05) is 12.1 Å². The number of nitrogens with one attached hydrogen (secondary N) is 3. The van der Waals surface area contributed by atoms with Crippen LogP contribution in [-0.4, -0.2) is 24.5 Å². The number of para-hydroxylation sites is 2. The molecule has 142 valence electrons. The molecule has 1 unspecified atom stereocenters. The fourth-order valence-electron chi connectivity index (χ4n) is 2.81. The predicted molar refractivity (Wildman–Crippen MR) is 98.3 cm³/mol. The third kappa shape index (κ3) is 4.33. The fraction of sp³-hybridized carbons (Fsp3) is 0.263. The van der Waals surface area contributed by atoms with Crippen molar-refractivity contribution < 1.29 is 23.1 Å². The van der Waals surface area contributed by atoms with Crippen molar-refractivity contribution in [1.29, 1.82) is 0 Å². The quantitative estimate of drug-likeness (QED) is 0.745. The van der Waals surface area contributed by atoms with E-state index in [0.717, 1.165) is 16.8 Å². The summed E-state index contributed by atoms with van der Waals surface area (Å²) in [6, 6.07) is 8.87. The number of benzene rings is 2. The molecule has 0 saturated carbocycles. The van der Waals surface area contributed by atoms with Crippen molar-refractivity contribution >= 4 is 28.9 Å². The van der Waals surface area contributed by atoms with E-state index in [2.05, 4.69) is 20.7 Å². The highest BCUT2D eigenvalue weighted by Crippen LogP contribution is 2.31. The summed E-state index contributed by atoms with van der Waals surface area (Å²) in [5.74, 6) is -0.975. The Hall–Kier alpha value is -3.16. The van der Waals surface area contributed by atoms with Crippen LogP contribution in [0.5, 0.6) is 5.75 Å². The summed E-state index contributed by atoms with van der Waals surface area (Å²) in [7, 11) is 0. The van der Waals surface area contributed by atoms with Gasteiger partial charge in [-0.2, -0.15) is 8.78 Å². The van der Waals surface area contributed by atoms with E-state index in [1.165, 1.54) is 18.2 Å². The first kappa shape index (κ1) is 18.6. The average Bonchev–Trinajstić information content (AvgIpc) is 2.59. The van der Waals surface area contributed by atoms with Crippen LogP contribution >= 0.6 is 0 Å². The molecule has 2 aromatic carbocycles. The monoisotopic (exact) mass is 375 g/mol. The summed E-state index contributed by atoms with van der Waals surface area (Å²) in [5.41, 5.74) is 3.61. The Kier molecular flexibility index (Phi) is 5.25. The molecule has 1 heterocycles. The van der Waals surface area contributed by atoms with E-state index in [4.69, 9.17) is 0 Å². The van der Waals surface area contributed by atoms with Crippen LogP contribution in [0, 0.1) is 13.8 Å². The highest BCUT2D eigenvalue weighted by atomic mass is 19.3. The molecular weight excluding hydrogens is 356 g/mol. The predicted octanol–water partition coefficient (Wildman–Crippen LogP) is 3.67. The highest BCUT2D eigenvalue weighted by Gasteiger charge is 2.28. The molecule has 2 aromatic rings. The largest absolute Gasteiger partial charge is 0.433 e. The molecule has 0 aliphatic carbocycles. The maximum atomic E-state index is 12.5. The van der Waals surface area contributed by atoms with Gasteiger partial charge in [0.05, 0.1) is 23.5 Å². The molecule has 2 amide bonds. The Labute approximate surface area is 154 Å². The molecule has 0 bridgehead atoms. The third-order valence-electron chi connectivity index (χ3n) is 4.30. The summed E-state index contributed by atoms with van der Waals surface area (Å²) in [5, 5.41) is 8.34. The third-order valence-corrected chi connectivity index (χ3v) is 4.30. The number of carbonyl (C=O) groups excluding carboxylic acids is 2. The van der Waals surface area contributed by atoms with Gasteiger partial charge in [-0.15, -0.1) is 0 Å². The van der Waals surface area contributed by atoms with Gasteiger partial charge in [0.15, 0.2) is 0 Å². The second-order valence-corrected chi connectivity index (χ2v) is 6.30. The summed E-state index contributed by atoms with van der Waals surface area (Å²) in [6.07, 6.45) is -0.165. The standard InChI is InChI=1S/C19H19F2N3O3/c1-10-7-13-14(8-11(10)2)24-18(26)15(22-13)9-17(25)23-12-5-3-4-6-16(12)27-19(20)21/h3-8,15,19,22H,9H2,1-2H3,(H,23,25)(H,24,26). The van der Waals surface area contributed by atoms with Crippen molar-refractivity contribution in [3.8, 4) is 5.75 Å². The van der Waals surface area contributed by atoms with Crippen LogP contribution in [0.25, 0.3) is 0 Å². The van der Waals surface area contributed by atoms with Crippen LogP contribution in [0.1, 0.15) is 17.5 Å². The lowest BCUT2D eigenvalue weighted by atomic mass is 10.0. The van der Waals surface area contributed by atoms with Crippen molar-refractivity contribution in [2.24, 2.45) is 0 Å². The maximum Gasteiger partial charge on any atom is 0.387 e. The summed E-state index contributed by atoms with van der Waals surface area (Å²) < 4.78 is 29.3. The van der Waals surface area contributed by atoms with Crippen LogP contribution in [-0.2, 0) is 9.59 Å². The van der Waals surface area contributed by atoms with Crippen LogP contribution in [0.15, 0.2) is 36.4 Å². The van der Waals surface area contributed by atoms with Crippen molar-refractivity contribution in [3.05, 3.63) is 47.5 Å². The van der Waals surface area contributed by atoms with Gasteiger partial charge >= 0.3 is 6.61 Å². The second kappa shape index (κ2) is 7.61. The summed E-state index contributed by atoms with van der Waals surface area (Å²) in [4.78, 5) is 24.6. The highest BCUT2D eigenvalue weighted by molar-refractivity contribution is 6.06.